The third-order valence-corrected chi connectivity index (χ3v) is 5.74. The smallest absolute Gasteiger partial charge is 0.203 e. The van der Waals surface area contributed by atoms with Gasteiger partial charge in [0, 0.05) is 18.7 Å². The maximum atomic E-state index is 12.9. The van der Waals surface area contributed by atoms with Gasteiger partial charge in [-0.1, -0.05) is 30.8 Å². The average molecular weight is 437 g/mol. The third kappa shape index (κ3) is 4.78. The fourth-order valence-corrected chi connectivity index (χ4v) is 4.14. The molecule has 2 aromatic carbocycles. The highest BCUT2D eigenvalue weighted by Gasteiger charge is 2.30. The van der Waals surface area contributed by atoms with Gasteiger partial charge in [0.1, 0.15) is 18.3 Å². The Morgan fingerprint density at radius 2 is 1.62 bits per heavy atom. The molecule has 0 aliphatic carbocycles. The van der Waals surface area contributed by atoms with Crippen molar-refractivity contribution in [1.29, 1.82) is 0 Å². The lowest BCUT2D eigenvalue weighted by Gasteiger charge is -2.45. The standard InChI is InChI=1S/C13H10F2.C12H16N4O/c14-12-5-1-3-10(8-12)7-11-4-2-6-13(15)9-11;1-9-11(17)7-13-15-8-14-5-3-4-6-16(14)10(2)12(9)15/h1-6,8-9H,7H2;7H,2-6,8H2,1H3. The van der Waals surface area contributed by atoms with Crippen LogP contribution in [0.3, 0.4) is 0 Å². The van der Waals surface area contributed by atoms with E-state index in [0.717, 1.165) is 47.8 Å². The van der Waals surface area contributed by atoms with Gasteiger partial charge >= 0.3 is 0 Å². The van der Waals surface area contributed by atoms with Gasteiger partial charge in [0.05, 0.1) is 17.6 Å². The molecule has 1 saturated heterocycles. The minimum Gasteiger partial charge on any atom is -0.302 e. The fraction of sp³-hybridized carbons (Fsp3) is 0.280. The molecule has 0 radical (unpaired) electrons. The van der Waals surface area contributed by atoms with Crippen LogP contribution in [0.5, 0.6) is 0 Å². The Morgan fingerprint density at radius 1 is 1.00 bits per heavy atom. The van der Waals surface area contributed by atoms with Crippen LogP contribution in [0.15, 0.2) is 66.1 Å². The molecule has 1 aromatic heterocycles. The molecule has 0 N–H and O–H groups in total. The van der Waals surface area contributed by atoms with Crippen molar-refractivity contribution >= 4 is 5.70 Å². The minimum absolute atomic E-state index is 0.0112. The summed E-state index contributed by atoms with van der Waals surface area (Å²) < 4.78 is 27.6. The Bertz CT molecular complexity index is 1150. The maximum Gasteiger partial charge on any atom is 0.203 e. The second-order valence-electron chi connectivity index (χ2n) is 8.07. The van der Waals surface area contributed by atoms with Gasteiger partial charge in [-0.15, -0.1) is 0 Å². The Balaban J connectivity index is 0.000000155. The van der Waals surface area contributed by atoms with Crippen LogP contribution in [0.25, 0.3) is 5.70 Å². The topological polar surface area (TPSA) is 41.4 Å². The quantitative estimate of drug-likeness (QED) is 0.599. The van der Waals surface area contributed by atoms with Crippen LogP contribution >= 0.6 is 0 Å². The number of hydrogen-bond donors (Lipinski definition) is 0. The normalized spacial score (nSPS) is 15.5. The van der Waals surface area contributed by atoms with E-state index in [0.29, 0.717) is 6.42 Å². The van der Waals surface area contributed by atoms with E-state index in [2.05, 4.69) is 21.7 Å². The lowest BCUT2D eigenvalue weighted by molar-refractivity contribution is -0.0401. The van der Waals surface area contributed by atoms with Crippen molar-refractivity contribution in [1.82, 2.24) is 19.8 Å². The highest BCUT2D eigenvalue weighted by Crippen LogP contribution is 2.28. The van der Waals surface area contributed by atoms with E-state index in [1.165, 1.54) is 43.3 Å². The van der Waals surface area contributed by atoms with Crippen molar-refractivity contribution in [3.8, 4) is 0 Å². The number of nitrogens with zero attached hydrogens (tertiary/aromatic N) is 4. The number of fused-ring (bicyclic) bond motifs is 2. The fourth-order valence-electron chi connectivity index (χ4n) is 4.14. The van der Waals surface area contributed by atoms with E-state index in [9.17, 15) is 13.6 Å². The summed E-state index contributed by atoms with van der Waals surface area (Å²) in [6.45, 7) is 8.71. The van der Waals surface area contributed by atoms with E-state index in [1.807, 2.05) is 23.7 Å². The van der Waals surface area contributed by atoms with Crippen molar-refractivity contribution in [2.75, 3.05) is 13.1 Å². The average Bonchev–Trinajstić information content (AvgIpc) is 2.77. The molecule has 0 saturated carbocycles. The lowest BCUT2D eigenvalue weighted by Crippen LogP contribution is -2.51. The summed E-state index contributed by atoms with van der Waals surface area (Å²) in [5.41, 5.74) is 4.22. The summed E-state index contributed by atoms with van der Waals surface area (Å²) in [5, 5.41) is 8.63. The summed E-state index contributed by atoms with van der Waals surface area (Å²) in [6.07, 6.45) is 4.33. The highest BCUT2D eigenvalue weighted by atomic mass is 19.1. The Morgan fingerprint density at radius 3 is 2.25 bits per heavy atom. The predicted octanol–water partition coefficient (Wildman–Crippen LogP) is 4.36. The minimum atomic E-state index is -0.260. The van der Waals surface area contributed by atoms with Crippen molar-refractivity contribution < 1.29 is 8.78 Å². The second kappa shape index (κ2) is 9.44. The predicted molar refractivity (Wildman–Crippen MR) is 121 cm³/mol. The molecule has 0 atom stereocenters. The zero-order chi connectivity index (χ0) is 22.7. The van der Waals surface area contributed by atoms with Crippen LogP contribution in [0, 0.1) is 18.6 Å². The molecule has 0 unspecified atom stereocenters. The van der Waals surface area contributed by atoms with Crippen molar-refractivity contribution in [3.63, 3.8) is 0 Å². The molecular formula is C25H26F2N4O. The molecule has 1 fully saturated rings. The van der Waals surface area contributed by atoms with E-state index in [-0.39, 0.29) is 17.1 Å². The third-order valence-electron chi connectivity index (χ3n) is 5.74. The zero-order valence-electron chi connectivity index (χ0n) is 18.1. The number of benzene rings is 2. The first-order valence-corrected chi connectivity index (χ1v) is 10.7. The number of hydrogen-bond acceptors (Lipinski definition) is 4. The van der Waals surface area contributed by atoms with Gasteiger partial charge in [-0.2, -0.15) is 10.1 Å². The second-order valence-corrected chi connectivity index (χ2v) is 8.07. The van der Waals surface area contributed by atoms with Gasteiger partial charge in [-0.3, -0.25) is 4.79 Å². The van der Waals surface area contributed by atoms with Crippen LogP contribution in [-0.4, -0.2) is 32.9 Å². The lowest BCUT2D eigenvalue weighted by atomic mass is 10.1. The molecular weight excluding hydrogens is 410 g/mol. The molecule has 5 nitrogen and oxygen atoms in total. The Labute approximate surface area is 186 Å². The maximum absolute atomic E-state index is 12.9. The monoisotopic (exact) mass is 436 g/mol. The zero-order valence-corrected chi connectivity index (χ0v) is 18.1. The van der Waals surface area contributed by atoms with E-state index < -0.39 is 0 Å². The molecule has 2 aliphatic heterocycles. The molecule has 166 valence electrons. The largest absolute Gasteiger partial charge is 0.302 e. The molecule has 5 rings (SSSR count). The summed E-state index contributed by atoms with van der Waals surface area (Å²) in [4.78, 5) is 11.6. The Kier molecular flexibility index (Phi) is 6.46. The van der Waals surface area contributed by atoms with E-state index in [1.54, 1.807) is 12.1 Å². The first-order chi connectivity index (χ1) is 15.4. The summed E-state index contributed by atoms with van der Waals surface area (Å²) in [6, 6.07) is 12.7. The summed E-state index contributed by atoms with van der Waals surface area (Å²) in [7, 11) is 0. The van der Waals surface area contributed by atoms with Gasteiger partial charge in [0.2, 0.25) is 5.43 Å². The molecule has 2 aliphatic rings. The molecule has 0 spiro atoms. The van der Waals surface area contributed by atoms with Crippen LogP contribution < -0.4 is 5.43 Å². The van der Waals surface area contributed by atoms with E-state index in [4.69, 9.17) is 0 Å². The molecule has 0 amide bonds. The number of aromatic nitrogens is 2. The van der Waals surface area contributed by atoms with Crippen LogP contribution in [0.1, 0.15) is 35.2 Å². The van der Waals surface area contributed by atoms with Crippen molar-refractivity contribution in [3.05, 3.63) is 106 Å². The SMILES string of the molecule is C=C1c2c(C)c(=O)cnn2CN2CCCCN12.Fc1cccc(Cc2cccc(F)c2)c1. The molecule has 3 aromatic rings. The van der Waals surface area contributed by atoms with Gasteiger partial charge in [0.25, 0.3) is 0 Å². The molecule has 7 heteroatoms. The first-order valence-electron chi connectivity index (χ1n) is 10.7. The molecule has 32 heavy (non-hydrogen) atoms. The van der Waals surface area contributed by atoms with Gasteiger partial charge in [0.15, 0.2) is 0 Å². The first kappa shape index (κ1) is 21.9. The van der Waals surface area contributed by atoms with Crippen LogP contribution in [0.2, 0.25) is 0 Å². The number of hydrazine groups is 1. The van der Waals surface area contributed by atoms with Gasteiger partial charge < -0.3 is 5.01 Å². The summed E-state index contributed by atoms with van der Waals surface area (Å²) in [5.74, 6) is -0.521. The summed E-state index contributed by atoms with van der Waals surface area (Å²) >= 11 is 0. The molecule has 3 heterocycles. The molecule has 0 bridgehead atoms. The number of rotatable bonds is 2. The van der Waals surface area contributed by atoms with Crippen LogP contribution in [0.4, 0.5) is 8.78 Å². The van der Waals surface area contributed by atoms with E-state index >= 15 is 0 Å². The number of halogens is 2. The van der Waals surface area contributed by atoms with Crippen molar-refractivity contribution in [2.24, 2.45) is 0 Å². The van der Waals surface area contributed by atoms with Gasteiger partial charge in [-0.05, 0) is 61.6 Å². The van der Waals surface area contributed by atoms with Crippen molar-refractivity contribution in [2.45, 2.75) is 32.9 Å². The highest BCUT2D eigenvalue weighted by molar-refractivity contribution is 5.61. The van der Waals surface area contributed by atoms with Gasteiger partial charge in [-0.25, -0.2) is 13.5 Å². The Hall–Kier alpha value is -3.32. The van der Waals surface area contributed by atoms with Crippen LogP contribution in [-0.2, 0) is 13.1 Å².